The summed E-state index contributed by atoms with van der Waals surface area (Å²) >= 11 is 0. The Labute approximate surface area is 93.1 Å². The zero-order valence-electron chi connectivity index (χ0n) is 8.96. The van der Waals surface area contributed by atoms with Gasteiger partial charge < -0.3 is 9.73 Å². The summed E-state index contributed by atoms with van der Waals surface area (Å²) in [6, 6.07) is 3.50. The Kier molecular flexibility index (Phi) is 3.05. The maximum absolute atomic E-state index is 11.6. The van der Waals surface area contributed by atoms with E-state index in [1.807, 2.05) is 19.2 Å². The van der Waals surface area contributed by atoms with Gasteiger partial charge in [-0.05, 0) is 19.1 Å². The molecule has 0 aliphatic rings. The fraction of sp³-hybridized carbons (Fsp3) is 0.273. The Balaban J connectivity index is 1.88. The van der Waals surface area contributed by atoms with Crippen molar-refractivity contribution in [3.63, 3.8) is 0 Å². The average molecular weight is 219 g/mol. The standard InChI is InChI=1S/C11H13N3O2/c1-9(7-14-5-2-4-12-14)13-11(15)10-3-6-16-8-10/h2-6,8-9H,7H2,1H3,(H,13,15)/t9-/m0/s1. The van der Waals surface area contributed by atoms with Gasteiger partial charge in [-0.15, -0.1) is 0 Å². The van der Waals surface area contributed by atoms with Crippen molar-refractivity contribution in [2.45, 2.75) is 19.5 Å². The van der Waals surface area contributed by atoms with E-state index < -0.39 is 0 Å². The van der Waals surface area contributed by atoms with Crippen LogP contribution in [0, 0.1) is 0 Å². The van der Waals surface area contributed by atoms with E-state index in [9.17, 15) is 4.79 Å². The van der Waals surface area contributed by atoms with E-state index >= 15 is 0 Å². The molecule has 0 spiro atoms. The van der Waals surface area contributed by atoms with Crippen molar-refractivity contribution in [3.05, 3.63) is 42.6 Å². The highest BCUT2D eigenvalue weighted by molar-refractivity contribution is 5.93. The SMILES string of the molecule is C[C@@H](Cn1cccn1)NC(=O)c1ccoc1. The number of nitrogens with zero attached hydrogens (tertiary/aromatic N) is 2. The minimum atomic E-state index is -0.131. The predicted molar refractivity (Wildman–Crippen MR) is 57.9 cm³/mol. The zero-order chi connectivity index (χ0) is 11.4. The van der Waals surface area contributed by atoms with Crippen LogP contribution in [0.1, 0.15) is 17.3 Å². The van der Waals surface area contributed by atoms with Crippen LogP contribution < -0.4 is 5.32 Å². The molecule has 16 heavy (non-hydrogen) atoms. The molecule has 0 saturated carbocycles. The average Bonchev–Trinajstić information content (AvgIpc) is 2.88. The van der Waals surface area contributed by atoms with Crippen molar-refractivity contribution in [1.29, 1.82) is 0 Å². The molecule has 0 aliphatic carbocycles. The molecule has 2 aromatic heterocycles. The van der Waals surface area contributed by atoms with Crippen LogP contribution in [0.15, 0.2) is 41.5 Å². The number of amides is 1. The summed E-state index contributed by atoms with van der Waals surface area (Å²) in [5.74, 6) is -0.131. The Hall–Kier alpha value is -2.04. The van der Waals surface area contributed by atoms with Crippen molar-refractivity contribution in [2.24, 2.45) is 0 Å². The topological polar surface area (TPSA) is 60.1 Å². The van der Waals surface area contributed by atoms with Gasteiger partial charge in [0.1, 0.15) is 6.26 Å². The van der Waals surface area contributed by atoms with E-state index in [1.54, 1.807) is 16.9 Å². The molecule has 1 atom stereocenters. The third kappa shape index (κ3) is 2.50. The number of carbonyl (C=O) groups is 1. The quantitative estimate of drug-likeness (QED) is 0.843. The minimum absolute atomic E-state index is 0.0160. The highest BCUT2D eigenvalue weighted by atomic mass is 16.3. The van der Waals surface area contributed by atoms with E-state index in [0.29, 0.717) is 12.1 Å². The second kappa shape index (κ2) is 4.65. The Morgan fingerprint density at radius 1 is 1.69 bits per heavy atom. The zero-order valence-corrected chi connectivity index (χ0v) is 8.96. The molecule has 5 nitrogen and oxygen atoms in total. The summed E-state index contributed by atoms with van der Waals surface area (Å²) in [4.78, 5) is 11.6. The lowest BCUT2D eigenvalue weighted by Crippen LogP contribution is -2.35. The Morgan fingerprint density at radius 3 is 3.19 bits per heavy atom. The molecule has 0 aromatic carbocycles. The van der Waals surface area contributed by atoms with Crippen molar-refractivity contribution in [3.8, 4) is 0 Å². The van der Waals surface area contributed by atoms with Gasteiger partial charge in [0.05, 0.1) is 18.4 Å². The molecule has 0 saturated heterocycles. The molecule has 2 heterocycles. The summed E-state index contributed by atoms with van der Waals surface area (Å²) in [6.07, 6.45) is 6.48. The predicted octanol–water partition coefficient (Wildman–Crippen LogP) is 1.29. The number of aromatic nitrogens is 2. The van der Waals surface area contributed by atoms with Crippen LogP contribution in [0.2, 0.25) is 0 Å². The van der Waals surface area contributed by atoms with Crippen LogP contribution in [0.3, 0.4) is 0 Å². The van der Waals surface area contributed by atoms with Crippen molar-refractivity contribution in [1.82, 2.24) is 15.1 Å². The number of furan rings is 1. The van der Waals surface area contributed by atoms with Gasteiger partial charge in [-0.1, -0.05) is 0 Å². The second-order valence-electron chi connectivity index (χ2n) is 3.61. The minimum Gasteiger partial charge on any atom is -0.472 e. The number of carbonyl (C=O) groups excluding carboxylic acids is 1. The lowest BCUT2D eigenvalue weighted by atomic mass is 10.2. The Morgan fingerprint density at radius 2 is 2.56 bits per heavy atom. The van der Waals surface area contributed by atoms with Gasteiger partial charge in [-0.3, -0.25) is 9.48 Å². The van der Waals surface area contributed by atoms with Gasteiger partial charge in [0, 0.05) is 18.4 Å². The summed E-state index contributed by atoms with van der Waals surface area (Å²) < 4.78 is 6.62. The summed E-state index contributed by atoms with van der Waals surface area (Å²) in [6.45, 7) is 2.58. The smallest absolute Gasteiger partial charge is 0.254 e. The molecule has 0 unspecified atom stereocenters. The van der Waals surface area contributed by atoms with E-state index in [0.717, 1.165) is 0 Å². The normalized spacial score (nSPS) is 12.3. The first-order valence-electron chi connectivity index (χ1n) is 5.06. The number of hydrogen-bond donors (Lipinski definition) is 1. The first-order valence-corrected chi connectivity index (χ1v) is 5.06. The molecule has 1 N–H and O–H groups in total. The first-order chi connectivity index (χ1) is 7.75. The molecule has 0 bridgehead atoms. The van der Waals surface area contributed by atoms with Gasteiger partial charge in [0.2, 0.25) is 0 Å². The van der Waals surface area contributed by atoms with E-state index in [1.165, 1.54) is 12.5 Å². The molecule has 0 radical (unpaired) electrons. The van der Waals surface area contributed by atoms with Gasteiger partial charge in [0.25, 0.3) is 5.91 Å². The van der Waals surface area contributed by atoms with E-state index in [-0.39, 0.29) is 11.9 Å². The Bertz CT molecular complexity index is 434. The van der Waals surface area contributed by atoms with Gasteiger partial charge in [-0.2, -0.15) is 5.10 Å². The molecule has 1 amide bonds. The van der Waals surface area contributed by atoms with Crippen LogP contribution >= 0.6 is 0 Å². The van der Waals surface area contributed by atoms with Crippen molar-refractivity contribution in [2.75, 3.05) is 0 Å². The van der Waals surface area contributed by atoms with Gasteiger partial charge in [-0.25, -0.2) is 0 Å². The van der Waals surface area contributed by atoms with Crippen LogP contribution in [-0.2, 0) is 6.54 Å². The molecular weight excluding hydrogens is 206 g/mol. The molecule has 84 valence electrons. The molecule has 5 heteroatoms. The first kappa shape index (κ1) is 10.5. The summed E-state index contributed by atoms with van der Waals surface area (Å²) in [5, 5.41) is 6.93. The highest BCUT2D eigenvalue weighted by Crippen LogP contribution is 2.00. The third-order valence-electron chi connectivity index (χ3n) is 2.18. The molecule has 2 rings (SSSR count). The van der Waals surface area contributed by atoms with Crippen LogP contribution in [0.4, 0.5) is 0 Å². The largest absolute Gasteiger partial charge is 0.472 e. The number of hydrogen-bond acceptors (Lipinski definition) is 3. The monoisotopic (exact) mass is 219 g/mol. The number of nitrogens with one attached hydrogen (secondary N) is 1. The van der Waals surface area contributed by atoms with Crippen LogP contribution in [0.5, 0.6) is 0 Å². The van der Waals surface area contributed by atoms with E-state index in [2.05, 4.69) is 10.4 Å². The molecule has 0 fully saturated rings. The molecule has 2 aromatic rings. The molecule has 0 aliphatic heterocycles. The third-order valence-corrected chi connectivity index (χ3v) is 2.18. The van der Waals surface area contributed by atoms with Crippen molar-refractivity contribution >= 4 is 5.91 Å². The maximum Gasteiger partial charge on any atom is 0.254 e. The van der Waals surface area contributed by atoms with Gasteiger partial charge >= 0.3 is 0 Å². The van der Waals surface area contributed by atoms with Crippen LogP contribution in [-0.4, -0.2) is 21.7 Å². The fourth-order valence-corrected chi connectivity index (χ4v) is 1.44. The van der Waals surface area contributed by atoms with E-state index in [4.69, 9.17) is 4.42 Å². The number of rotatable bonds is 4. The maximum atomic E-state index is 11.6. The lowest BCUT2D eigenvalue weighted by Gasteiger charge is -2.12. The van der Waals surface area contributed by atoms with Gasteiger partial charge in [0.15, 0.2) is 0 Å². The van der Waals surface area contributed by atoms with Crippen LogP contribution in [0.25, 0.3) is 0 Å². The summed E-state index contributed by atoms with van der Waals surface area (Å²) in [7, 11) is 0. The highest BCUT2D eigenvalue weighted by Gasteiger charge is 2.10. The van der Waals surface area contributed by atoms with Crippen molar-refractivity contribution < 1.29 is 9.21 Å². The fourth-order valence-electron chi connectivity index (χ4n) is 1.44. The second-order valence-corrected chi connectivity index (χ2v) is 3.61. The summed E-state index contributed by atoms with van der Waals surface area (Å²) in [5.41, 5.74) is 0.535. The lowest BCUT2D eigenvalue weighted by molar-refractivity contribution is 0.0935. The molecular formula is C11H13N3O2.